The predicted molar refractivity (Wildman–Crippen MR) is 66.0 cm³/mol. The highest BCUT2D eigenvalue weighted by Crippen LogP contribution is 2.21. The van der Waals surface area contributed by atoms with E-state index in [0.29, 0.717) is 19.4 Å². The van der Waals surface area contributed by atoms with E-state index < -0.39 is 23.7 Å². The number of hydrogen-bond donors (Lipinski definition) is 1. The molecule has 1 aliphatic heterocycles. The first-order valence-corrected chi connectivity index (χ1v) is 5.84. The number of carboxylic acid groups (broad SMARTS) is 1. The molecule has 1 atom stereocenters. The highest BCUT2D eigenvalue weighted by atomic mass is 19.1. The molecule has 19 heavy (non-hydrogen) atoms. The zero-order valence-electron chi connectivity index (χ0n) is 10.1. The molecule has 1 aromatic carbocycles. The van der Waals surface area contributed by atoms with E-state index in [9.17, 15) is 14.0 Å². The van der Waals surface area contributed by atoms with Gasteiger partial charge < -0.3 is 10.0 Å². The van der Waals surface area contributed by atoms with Crippen LogP contribution < -0.4 is 0 Å². The Morgan fingerprint density at radius 3 is 2.79 bits per heavy atom. The molecule has 1 unspecified atom stereocenters. The summed E-state index contributed by atoms with van der Waals surface area (Å²) in [6.07, 6.45) is 6.15. The van der Waals surface area contributed by atoms with Crippen molar-refractivity contribution in [1.29, 1.82) is 0 Å². The summed E-state index contributed by atoms with van der Waals surface area (Å²) in [6, 6.07) is 2.98. The summed E-state index contributed by atoms with van der Waals surface area (Å²) in [7, 11) is 0. The number of likely N-dealkylation sites (tertiary alicyclic amines) is 1. The monoisotopic (exact) mass is 261 g/mol. The van der Waals surface area contributed by atoms with Gasteiger partial charge in [0.25, 0.3) is 5.91 Å². The third-order valence-electron chi connectivity index (χ3n) is 3.17. The molecule has 1 heterocycles. The van der Waals surface area contributed by atoms with Crippen LogP contribution in [0.4, 0.5) is 4.39 Å². The molecule has 1 aromatic rings. The van der Waals surface area contributed by atoms with Crippen molar-refractivity contribution in [1.82, 2.24) is 4.90 Å². The second kappa shape index (κ2) is 5.11. The molecule has 1 aliphatic rings. The van der Waals surface area contributed by atoms with E-state index in [1.54, 1.807) is 0 Å². The van der Waals surface area contributed by atoms with Gasteiger partial charge in [0.2, 0.25) is 0 Å². The average Bonchev–Trinajstić information content (AvgIpc) is 2.87. The van der Waals surface area contributed by atoms with Gasteiger partial charge in [-0.2, -0.15) is 0 Å². The van der Waals surface area contributed by atoms with Gasteiger partial charge in [0.15, 0.2) is 0 Å². The Bertz CT molecular complexity index is 577. The molecule has 5 heteroatoms. The lowest BCUT2D eigenvalue weighted by molar-refractivity contribution is -0.141. The maximum absolute atomic E-state index is 13.5. The van der Waals surface area contributed by atoms with Crippen molar-refractivity contribution in [3.63, 3.8) is 0 Å². The third-order valence-corrected chi connectivity index (χ3v) is 3.17. The van der Waals surface area contributed by atoms with Crippen LogP contribution in [0.1, 0.15) is 28.8 Å². The van der Waals surface area contributed by atoms with Crippen molar-refractivity contribution in [3.8, 4) is 12.3 Å². The first kappa shape index (κ1) is 13.1. The predicted octanol–water partition coefficient (Wildman–Crippen LogP) is 1.50. The Hall–Kier alpha value is -2.35. The van der Waals surface area contributed by atoms with Gasteiger partial charge in [-0.25, -0.2) is 9.18 Å². The minimum absolute atomic E-state index is 0.0766. The number of hydrogen-bond acceptors (Lipinski definition) is 2. The number of halogens is 1. The maximum atomic E-state index is 13.5. The number of terminal acetylenes is 1. The molecule has 1 saturated heterocycles. The summed E-state index contributed by atoms with van der Waals surface area (Å²) in [5.74, 6) is -0.00427. The van der Waals surface area contributed by atoms with Crippen LogP contribution in [-0.2, 0) is 4.79 Å². The largest absolute Gasteiger partial charge is 0.480 e. The Kier molecular flexibility index (Phi) is 3.52. The van der Waals surface area contributed by atoms with E-state index in [2.05, 4.69) is 5.92 Å². The fourth-order valence-electron chi connectivity index (χ4n) is 2.20. The first-order chi connectivity index (χ1) is 9.04. The highest BCUT2D eigenvalue weighted by Gasteiger charge is 2.34. The molecule has 98 valence electrons. The molecule has 0 bridgehead atoms. The summed E-state index contributed by atoms with van der Waals surface area (Å²) >= 11 is 0. The van der Waals surface area contributed by atoms with E-state index in [0.717, 1.165) is 6.07 Å². The second-order valence-electron chi connectivity index (χ2n) is 4.33. The molecule has 1 amide bonds. The van der Waals surface area contributed by atoms with Crippen LogP contribution in [0.5, 0.6) is 0 Å². The van der Waals surface area contributed by atoms with E-state index >= 15 is 0 Å². The summed E-state index contributed by atoms with van der Waals surface area (Å²) in [5, 5.41) is 9.02. The minimum Gasteiger partial charge on any atom is -0.480 e. The van der Waals surface area contributed by atoms with Crippen molar-refractivity contribution in [2.24, 2.45) is 0 Å². The van der Waals surface area contributed by atoms with Crippen molar-refractivity contribution in [3.05, 3.63) is 35.1 Å². The maximum Gasteiger partial charge on any atom is 0.326 e. The number of carbonyl (C=O) groups is 2. The molecule has 0 aliphatic carbocycles. The van der Waals surface area contributed by atoms with Crippen molar-refractivity contribution < 1.29 is 19.1 Å². The Balaban J connectivity index is 2.27. The van der Waals surface area contributed by atoms with Crippen molar-refractivity contribution in [2.75, 3.05) is 6.54 Å². The van der Waals surface area contributed by atoms with Crippen LogP contribution in [0, 0.1) is 18.2 Å². The summed E-state index contributed by atoms with van der Waals surface area (Å²) in [5.41, 5.74) is 0.192. The molecule has 1 N–H and O–H groups in total. The lowest BCUT2D eigenvalue weighted by atomic mass is 10.1. The summed E-state index contributed by atoms with van der Waals surface area (Å²) in [6.45, 7) is 0.369. The topological polar surface area (TPSA) is 57.6 Å². The third kappa shape index (κ3) is 2.43. The Morgan fingerprint density at radius 2 is 2.21 bits per heavy atom. The van der Waals surface area contributed by atoms with Crippen LogP contribution in [-0.4, -0.2) is 34.5 Å². The zero-order chi connectivity index (χ0) is 14.0. The molecule has 0 radical (unpaired) electrons. The van der Waals surface area contributed by atoms with Gasteiger partial charge in [0.1, 0.15) is 11.9 Å². The van der Waals surface area contributed by atoms with Gasteiger partial charge in [0, 0.05) is 12.1 Å². The summed E-state index contributed by atoms with van der Waals surface area (Å²) < 4.78 is 13.5. The standard InChI is InChI=1S/C14H12FNO3/c1-2-9-5-6-10(8-11(9)15)13(17)16-7-3-4-12(16)14(18)19/h1,5-6,8,12H,3-4,7H2,(H,18,19). The number of benzene rings is 1. The number of amides is 1. The van der Waals surface area contributed by atoms with Gasteiger partial charge in [0.05, 0.1) is 5.56 Å². The number of aliphatic carboxylic acids is 1. The van der Waals surface area contributed by atoms with E-state index in [-0.39, 0.29) is 11.1 Å². The fraction of sp³-hybridized carbons (Fsp3) is 0.286. The number of nitrogens with zero attached hydrogens (tertiary/aromatic N) is 1. The Morgan fingerprint density at radius 1 is 1.47 bits per heavy atom. The zero-order valence-corrected chi connectivity index (χ0v) is 10.1. The molecule has 0 spiro atoms. The molecule has 4 nitrogen and oxygen atoms in total. The Labute approximate surface area is 109 Å². The molecular formula is C14H12FNO3. The lowest BCUT2D eigenvalue weighted by Gasteiger charge is -2.21. The van der Waals surface area contributed by atoms with Gasteiger partial charge in [-0.15, -0.1) is 6.42 Å². The average molecular weight is 261 g/mol. The van der Waals surface area contributed by atoms with Gasteiger partial charge in [-0.3, -0.25) is 4.79 Å². The molecule has 0 saturated carbocycles. The highest BCUT2D eigenvalue weighted by molar-refractivity contribution is 5.97. The van der Waals surface area contributed by atoms with E-state index in [4.69, 9.17) is 11.5 Å². The van der Waals surface area contributed by atoms with Crippen LogP contribution in [0.3, 0.4) is 0 Å². The molecule has 2 rings (SSSR count). The molecule has 0 aromatic heterocycles. The van der Waals surface area contributed by atoms with Crippen LogP contribution in [0.2, 0.25) is 0 Å². The fourth-order valence-corrected chi connectivity index (χ4v) is 2.20. The molecular weight excluding hydrogens is 249 g/mol. The number of carboxylic acids is 1. The number of carbonyl (C=O) groups excluding carboxylic acids is 1. The summed E-state index contributed by atoms with van der Waals surface area (Å²) in [4.78, 5) is 24.4. The quantitative estimate of drug-likeness (QED) is 0.821. The SMILES string of the molecule is C#Cc1ccc(C(=O)N2CCCC2C(=O)O)cc1F. The van der Waals surface area contributed by atoms with Gasteiger partial charge in [-0.05, 0) is 31.0 Å². The minimum atomic E-state index is -1.04. The molecule has 1 fully saturated rings. The second-order valence-corrected chi connectivity index (χ2v) is 4.33. The number of rotatable bonds is 2. The van der Waals surface area contributed by atoms with Crippen molar-refractivity contribution >= 4 is 11.9 Å². The lowest BCUT2D eigenvalue weighted by Crippen LogP contribution is -2.40. The van der Waals surface area contributed by atoms with Crippen molar-refractivity contribution in [2.45, 2.75) is 18.9 Å². The van der Waals surface area contributed by atoms with Crippen LogP contribution >= 0.6 is 0 Å². The van der Waals surface area contributed by atoms with Gasteiger partial charge >= 0.3 is 5.97 Å². The van der Waals surface area contributed by atoms with Crippen LogP contribution in [0.25, 0.3) is 0 Å². The van der Waals surface area contributed by atoms with Gasteiger partial charge in [-0.1, -0.05) is 5.92 Å². The van der Waals surface area contributed by atoms with Crippen LogP contribution in [0.15, 0.2) is 18.2 Å². The smallest absolute Gasteiger partial charge is 0.326 e. The van der Waals surface area contributed by atoms with E-state index in [1.165, 1.54) is 17.0 Å². The first-order valence-electron chi connectivity index (χ1n) is 5.84. The van der Waals surface area contributed by atoms with E-state index in [1.807, 2.05) is 0 Å². The normalized spacial score (nSPS) is 18.1.